The van der Waals surface area contributed by atoms with Gasteiger partial charge in [0, 0.05) is 11.3 Å². The van der Waals surface area contributed by atoms with Gasteiger partial charge in [0.25, 0.3) is 5.91 Å². The smallest absolute Gasteiger partial charge is 0.387 e. The average molecular weight is 386 g/mol. The maximum Gasteiger partial charge on any atom is 0.387 e. The van der Waals surface area contributed by atoms with Gasteiger partial charge in [0.15, 0.2) is 11.5 Å². The van der Waals surface area contributed by atoms with Gasteiger partial charge in [0.05, 0.1) is 6.61 Å². The van der Waals surface area contributed by atoms with Crippen molar-refractivity contribution in [3.63, 3.8) is 0 Å². The first kappa shape index (κ1) is 20.9. The van der Waals surface area contributed by atoms with Crippen molar-refractivity contribution in [3.8, 4) is 17.6 Å². The van der Waals surface area contributed by atoms with Gasteiger partial charge in [-0.3, -0.25) is 4.79 Å². The van der Waals surface area contributed by atoms with Gasteiger partial charge in [-0.2, -0.15) is 14.0 Å². The van der Waals surface area contributed by atoms with Crippen molar-refractivity contribution in [2.45, 2.75) is 26.9 Å². The molecule has 0 aromatic heterocycles. The van der Waals surface area contributed by atoms with Crippen molar-refractivity contribution >= 4 is 17.7 Å². The van der Waals surface area contributed by atoms with Gasteiger partial charge in [0.2, 0.25) is 0 Å². The zero-order valence-corrected chi connectivity index (χ0v) is 15.5. The summed E-state index contributed by atoms with van der Waals surface area (Å²) in [6, 6.07) is 13.5. The van der Waals surface area contributed by atoms with Crippen molar-refractivity contribution in [1.29, 1.82) is 5.26 Å². The Kier molecular flexibility index (Phi) is 7.52. The largest absolute Gasteiger partial charge is 0.490 e. The minimum atomic E-state index is -3.08. The molecule has 0 unspecified atom stereocenters. The number of nitrogens with one attached hydrogen (secondary N) is 1. The lowest BCUT2D eigenvalue weighted by Gasteiger charge is -2.14. The van der Waals surface area contributed by atoms with Crippen molar-refractivity contribution in [2.75, 3.05) is 11.9 Å². The molecule has 2 aromatic rings. The second-order valence-corrected chi connectivity index (χ2v) is 5.66. The van der Waals surface area contributed by atoms with Gasteiger partial charge < -0.3 is 14.8 Å². The molecule has 1 amide bonds. The highest BCUT2D eigenvalue weighted by Gasteiger charge is 2.17. The third-order valence-electron chi connectivity index (χ3n) is 3.80. The van der Waals surface area contributed by atoms with Crippen LogP contribution in [0.15, 0.2) is 48.0 Å². The number of nitrogens with zero attached hydrogens (tertiary/aromatic N) is 1. The molecule has 0 heterocycles. The number of hydrogen-bond acceptors (Lipinski definition) is 4. The number of hydrogen-bond donors (Lipinski definition) is 1. The van der Waals surface area contributed by atoms with Crippen molar-refractivity contribution < 1.29 is 23.0 Å². The van der Waals surface area contributed by atoms with E-state index in [2.05, 4.69) is 10.1 Å². The number of anilines is 1. The molecule has 0 bridgehead atoms. The zero-order valence-electron chi connectivity index (χ0n) is 15.5. The van der Waals surface area contributed by atoms with Gasteiger partial charge in [0.1, 0.15) is 11.6 Å². The van der Waals surface area contributed by atoms with Crippen LogP contribution in [0, 0.1) is 11.3 Å². The van der Waals surface area contributed by atoms with Gasteiger partial charge in [-0.25, -0.2) is 0 Å². The Hall–Kier alpha value is -3.40. The van der Waals surface area contributed by atoms with E-state index in [1.165, 1.54) is 18.2 Å². The summed E-state index contributed by atoms with van der Waals surface area (Å²) in [4.78, 5) is 12.4. The Balaban J connectivity index is 2.33. The number of aryl methyl sites for hydroxylation is 1. The molecule has 2 rings (SSSR count). The molecule has 28 heavy (non-hydrogen) atoms. The molecule has 146 valence electrons. The van der Waals surface area contributed by atoms with E-state index >= 15 is 0 Å². The van der Waals surface area contributed by atoms with Crippen molar-refractivity contribution in [2.24, 2.45) is 0 Å². The van der Waals surface area contributed by atoms with E-state index in [1.54, 1.807) is 31.2 Å². The number of rotatable bonds is 8. The van der Waals surface area contributed by atoms with Gasteiger partial charge in [-0.05, 0) is 43.2 Å². The summed E-state index contributed by atoms with van der Waals surface area (Å²) in [5.74, 6) is -0.784. The number of carbonyl (C=O) groups is 1. The fourth-order valence-electron chi connectivity index (χ4n) is 2.46. The lowest BCUT2D eigenvalue weighted by Crippen LogP contribution is -2.13. The molecule has 0 saturated heterocycles. The Morgan fingerprint density at radius 3 is 2.50 bits per heavy atom. The number of amides is 1. The molecule has 0 aliphatic heterocycles. The molecule has 0 saturated carbocycles. The quantitative estimate of drug-likeness (QED) is 0.523. The Morgan fingerprint density at radius 2 is 1.93 bits per heavy atom. The molecule has 0 atom stereocenters. The fraction of sp³-hybridized carbons (Fsp3) is 0.238. The maximum absolute atomic E-state index is 12.8. The second kappa shape index (κ2) is 10.1. The summed E-state index contributed by atoms with van der Waals surface area (Å²) in [6.07, 6.45) is 2.05. The molecule has 0 aliphatic carbocycles. The highest BCUT2D eigenvalue weighted by atomic mass is 19.3. The molecule has 0 fully saturated rings. The van der Waals surface area contributed by atoms with Crippen molar-refractivity contribution in [3.05, 3.63) is 59.2 Å². The normalized spacial score (nSPS) is 11.1. The van der Waals surface area contributed by atoms with E-state index in [1.807, 2.05) is 19.1 Å². The minimum absolute atomic E-state index is 0.101. The average Bonchev–Trinajstić information content (AvgIpc) is 2.68. The number of alkyl halides is 2. The van der Waals surface area contributed by atoms with E-state index in [0.717, 1.165) is 12.0 Å². The first-order valence-electron chi connectivity index (χ1n) is 8.71. The predicted octanol–water partition coefficient (Wildman–Crippen LogP) is 4.79. The number of carbonyl (C=O) groups excluding carboxylic acids is 1. The van der Waals surface area contributed by atoms with Gasteiger partial charge in [-0.1, -0.05) is 31.2 Å². The monoisotopic (exact) mass is 386 g/mol. The highest BCUT2D eigenvalue weighted by Crippen LogP contribution is 2.34. The number of benzene rings is 2. The summed E-state index contributed by atoms with van der Waals surface area (Å²) >= 11 is 0. The minimum Gasteiger partial charge on any atom is -0.490 e. The summed E-state index contributed by atoms with van der Waals surface area (Å²) in [5, 5.41) is 12.0. The van der Waals surface area contributed by atoms with Crippen LogP contribution in [-0.4, -0.2) is 19.1 Å². The number of halogens is 2. The van der Waals surface area contributed by atoms with Crippen molar-refractivity contribution in [1.82, 2.24) is 0 Å². The molecule has 2 aromatic carbocycles. The standard InChI is InChI=1S/C21H20F2N2O3/c1-3-14-8-10-17(11-9-14)25-20(26)16(13-24)12-15-6-5-7-18(27-4-2)19(15)28-21(22)23/h5-12,21H,3-4H2,1-2H3,(H,25,26)/b16-12+. The summed E-state index contributed by atoms with van der Waals surface area (Å²) in [6.45, 7) is 0.878. The fourth-order valence-corrected chi connectivity index (χ4v) is 2.46. The van der Waals surface area contributed by atoms with Gasteiger partial charge >= 0.3 is 6.61 Å². The van der Waals surface area contributed by atoms with Crippen LogP contribution < -0.4 is 14.8 Å². The number of nitriles is 1. The van der Waals surface area contributed by atoms with Crippen LogP contribution >= 0.6 is 0 Å². The maximum atomic E-state index is 12.8. The van der Waals surface area contributed by atoms with Crippen LogP contribution in [0.4, 0.5) is 14.5 Å². The molecular weight excluding hydrogens is 366 g/mol. The molecule has 1 N–H and O–H groups in total. The molecule has 0 aliphatic rings. The first-order valence-corrected chi connectivity index (χ1v) is 8.71. The highest BCUT2D eigenvalue weighted by molar-refractivity contribution is 6.09. The van der Waals surface area contributed by atoms with Crippen LogP contribution in [0.3, 0.4) is 0 Å². The Labute approximate surface area is 162 Å². The summed E-state index contributed by atoms with van der Waals surface area (Å²) in [7, 11) is 0. The molecule has 7 heteroatoms. The Morgan fingerprint density at radius 1 is 1.21 bits per heavy atom. The van der Waals surface area contributed by atoms with Crippen LogP contribution in [0.25, 0.3) is 6.08 Å². The molecule has 0 spiro atoms. The number of ether oxygens (including phenoxy) is 2. The predicted molar refractivity (Wildman–Crippen MR) is 102 cm³/mol. The summed E-state index contributed by atoms with van der Waals surface area (Å²) < 4.78 is 35.5. The van der Waals surface area contributed by atoms with E-state index in [9.17, 15) is 18.8 Å². The van der Waals surface area contributed by atoms with E-state index < -0.39 is 12.5 Å². The second-order valence-electron chi connectivity index (χ2n) is 5.66. The third-order valence-corrected chi connectivity index (χ3v) is 3.80. The third kappa shape index (κ3) is 5.55. The topological polar surface area (TPSA) is 71.3 Å². The number of para-hydroxylation sites is 1. The van der Waals surface area contributed by atoms with Crippen LogP contribution in [-0.2, 0) is 11.2 Å². The SMILES string of the molecule is CCOc1cccc(/C=C(\C#N)C(=O)Nc2ccc(CC)cc2)c1OC(F)F. The van der Waals surface area contributed by atoms with Crippen LogP contribution in [0.1, 0.15) is 25.0 Å². The lowest BCUT2D eigenvalue weighted by atomic mass is 10.1. The Bertz CT molecular complexity index is 888. The molecule has 5 nitrogen and oxygen atoms in total. The summed E-state index contributed by atoms with van der Waals surface area (Å²) in [5.41, 5.74) is 1.51. The van der Waals surface area contributed by atoms with E-state index in [0.29, 0.717) is 5.69 Å². The molecule has 0 radical (unpaired) electrons. The van der Waals surface area contributed by atoms with Crippen LogP contribution in [0.5, 0.6) is 11.5 Å². The first-order chi connectivity index (χ1) is 13.5. The van der Waals surface area contributed by atoms with Gasteiger partial charge in [-0.15, -0.1) is 0 Å². The molecular formula is C21H20F2N2O3. The lowest BCUT2D eigenvalue weighted by molar-refractivity contribution is -0.112. The van der Waals surface area contributed by atoms with Crippen LogP contribution in [0.2, 0.25) is 0 Å². The van der Waals surface area contributed by atoms with E-state index in [4.69, 9.17) is 4.74 Å². The van der Waals surface area contributed by atoms with E-state index in [-0.39, 0.29) is 29.2 Å². The zero-order chi connectivity index (χ0) is 20.5.